The van der Waals surface area contributed by atoms with Gasteiger partial charge in [-0.15, -0.1) is 0 Å². The SMILES string of the molecule is Nc1ccc(N2CCCCC2CO)c2cnccc12. The predicted octanol–water partition coefficient (Wildman–Crippen LogP) is 2.17. The summed E-state index contributed by atoms with van der Waals surface area (Å²) in [5.41, 5.74) is 7.94. The van der Waals surface area contributed by atoms with Crippen molar-refractivity contribution >= 4 is 22.1 Å². The summed E-state index contributed by atoms with van der Waals surface area (Å²) in [5, 5.41) is 11.7. The molecule has 2 heterocycles. The molecule has 4 heteroatoms. The molecule has 1 fully saturated rings. The third-order valence-corrected chi connectivity index (χ3v) is 3.98. The number of aliphatic hydroxyl groups is 1. The van der Waals surface area contributed by atoms with Gasteiger partial charge in [0.1, 0.15) is 0 Å². The first kappa shape index (κ1) is 12.2. The zero-order valence-corrected chi connectivity index (χ0v) is 10.9. The molecule has 0 saturated carbocycles. The Morgan fingerprint density at radius 2 is 2.16 bits per heavy atom. The molecular formula is C15H19N3O. The summed E-state index contributed by atoms with van der Waals surface area (Å²) in [6, 6.07) is 6.15. The number of nitrogens with two attached hydrogens (primary N) is 1. The minimum atomic E-state index is 0.201. The minimum Gasteiger partial charge on any atom is -0.398 e. The number of hydrogen-bond acceptors (Lipinski definition) is 4. The zero-order valence-electron chi connectivity index (χ0n) is 10.9. The molecule has 2 aromatic rings. The van der Waals surface area contributed by atoms with Gasteiger partial charge in [-0.1, -0.05) is 0 Å². The molecule has 1 atom stereocenters. The molecule has 3 N–H and O–H groups in total. The second kappa shape index (κ2) is 5.05. The van der Waals surface area contributed by atoms with Crippen molar-refractivity contribution in [3.63, 3.8) is 0 Å². The standard InChI is InChI=1S/C15H19N3O/c16-14-4-5-15(13-9-17-7-6-12(13)14)18-8-2-1-3-11(18)10-19/h4-7,9,11,19H,1-3,8,10,16H2. The molecular weight excluding hydrogens is 238 g/mol. The highest BCUT2D eigenvalue weighted by Crippen LogP contribution is 2.33. The quantitative estimate of drug-likeness (QED) is 0.809. The Hall–Kier alpha value is -1.81. The Labute approximate surface area is 112 Å². The van der Waals surface area contributed by atoms with Crippen LogP contribution in [0.3, 0.4) is 0 Å². The number of nitrogens with zero attached hydrogens (tertiary/aromatic N) is 2. The first-order chi connectivity index (χ1) is 9.31. The highest BCUT2D eigenvalue weighted by molar-refractivity contribution is 6.00. The van der Waals surface area contributed by atoms with Gasteiger partial charge >= 0.3 is 0 Å². The summed E-state index contributed by atoms with van der Waals surface area (Å²) in [5.74, 6) is 0. The topological polar surface area (TPSA) is 62.4 Å². The first-order valence-electron chi connectivity index (χ1n) is 6.81. The maximum Gasteiger partial charge on any atom is 0.0635 e. The van der Waals surface area contributed by atoms with E-state index < -0.39 is 0 Å². The van der Waals surface area contributed by atoms with E-state index in [1.165, 1.54) is 12.8 Å². The second-order valence-electron chi connectivity index (χ2n) is 5.12. The Balaban J connectivity index is 2.11. The molecule has 0 amide bonds. The Morgan fingerprint density at radius 1 is 1.26 bits per heavy atom. The third kappa shape index (κ3) is 2.12. The second-order valence-corrected chi connectivity index (χ2v) is 5.12. The zero-order chi connectivity index (χ0) is 13.2. The van der Waals surface area contributed by atoms with Gasteiger partial charge in [-0.3, -0.25) is 4.98 Å². The van der Waals surface area contributed by atoms with Crippen molar-refractivity contribution in [1.29, 1.82) is 0 Å². The van der Waals surface area contributed by atoms with Gasteiger partial charge in [-0.25, -0.2) is 0 Å². The van der Waals surface area contributed by atoms with E-state index in [0.29, 0.717) is 0 Å². The van der Waals surface area contributed by atoms with E-state index in [-0.39, 0.29) is 12.6 Å². The van der Waals surface area contributed by atoms with Gasteiger partial charge in [-0.05, 0) is 37.5 Å². The highest BCUT2D eigenvalue weighted by Gasteiger charge is 2.23. The monoisotopic (exact) mass is 257 g/mol. The summed E-state index contributed by atoms with van der Waals surface area (Å²) >= 11 is 0. The van der Waals surface area contributed by atoms with E-state index in [4.69, 9.17) is 5.73 Å². The van der Waals surface area contributed by atoms with Crippen LogP contribution in [0.15, 0.2) is 30.6 Å². The third-order valence-electron chi connectivity index (χ3n) is 3.98. The summed E-state index contributed by atoms with van der Waals surface area (Å²) in [6.45, 7) is 1.19. The van der Waals surface area contributed by atoms with Crippen LogP contribution in [0.2, 0.25) is 0 Å². The molecule has 0 aliphatic carbocycles. The number of fused-ring (bicyclic) bond motifs is 1. The van der Waals surface area contributed by atoms with E-state index in [1.54, 1.807) is 6.20 Å². The predicted molar refractivity (Wildman–Crippen MR) is 78.2 cm³/mol. The molecule has 1 unspecified atom stereocenters. The molecule has 1 aromatic heterocycles. The number of piperidine rings is 1. The van der Waals surface area contributed by atoms with Crippen LogP contribution in [0.5, 0.6) is 0 Å². The van der Waals surface area contributed by atoms with E-state index in [2.05, 4.69) is 9.88 Å². The lowest BCUT2D eigenvalue weighted by Crippen LogP contribution is -2.42. The maximum atomic E-state index is 9.57. The van der Waals surface area contributed by atoms with Crippen LogP contribution >= 0.6 is 0 Å². The number of rotatable bonds is 2. The normalized spacial score (nSPS) is 19.8. The van der Waals surface area contributed by atoms with Gasteiger partial charge in [0.15, 0.2) is 0 Å². The van der Waals surface area contributed by atoms with E-state index in [0.717, 1.165) is 35.1 Å². The number of hydrogen-bond donors (Lipinski definition) is 2. The van der Waals surface area contributed by atoms with E-state index >= 15 is 0 Å². The van der Waals surface area contributed by atoms with Gasteiger partial charge in [0.25, 0.3) is 0 Å². The van der Waals surface area contributed by atoms with Crippen LogP contribution in [0.1, 0.15) is 19.3 Å². The summed E-state index contributed by atoms with van der Waals surface area (Å²) < 4.78 is 0. The van der Waals surface area contributed by atoms with Crippen molar-refractivity contribution < 1.29 is 5.11 Å². The fourth-order valence-electron chi connectivity index (χ4n) is 2.96. The molecule has 19 heavy (non-hydrogen) atoms. The van der Waals surface area contributed by atoms with E-state index in [9.17, 15) is 5.11 Å². The van der Waals surface area contributed by atoms with Crippen molar-refractivity contribution in [2.45, 2.75) is 25.3 Å². The van der Waals surface area contributed by atoms with Crippen molar-refractivity contribution in [2.75, 3.05) is 23.8 Å². The Kier molecular flexibility index (Phi) is 3.25. The number of pyridine rings is 1. The highest BCUT2D eigenvalue weighted by atomic mass is 16.3. The van der Waals surface area contributed by atoms with Crippen LogP contribution in [-0.2, 0) is 0 Å². The van der Waals surface area contributed by atoms with Crippen LogP contribution in [0.4, 0.5) is 11.4 Å². The molecule has 0 bridgehead atoms. The lowest BCUT2D eigenvalue weighted by Gasteiger charge is -2.37. The van der Waals surface area contributed by atoms with Crippen LogP contribution in [0.25, 0.3) is 10.8 Å². The number of nitrogen functional groups attached to an aromatic ring is 1. The van der Waals surface area contributed by atoms with E-state index in [1.807, 2.05) is 24.4 Å². The number of anilines is 2. The van der Waals surface area contributed by atoms with Crippen molar-refractivity contribution in [1.82, 2.24) is 4.98 Å². The maximum absolute atomic E-state index is 9.57. The fourth-order valence-corrected chi connectivity index (χ4v) is 2.96. The molecule has 0 radical (unpaired) electrons. The summed E-state index contributed by atoms with van der Waals surface area (Å²) in [4.78, 5) is 6.51. The van der Waals surface area contributed by atoms with Gasteiger partial charge in [0.2, 0.25) is 0 Å². The van der Waals surface area contributed by atoms with Crippen molar-refractivity contribution in [2.24, 2.45) is 0 Å². The largest absolute Gasteiger partial charge is 0.398 e. The van der Waals surface area contributed by atoms with Gasteiger partial charge in [0.05, 0.1) is 12.6 Å². The lowest BCUT2D eigenvalue weighted by atomic mass is 10.00. The summed E-state index contributed by atoms with van der Waals surface area (Å²) in [6.07, 6.45) is 7.03. The van der Waals surface area contributed by atoms with Crippen molar-refractivity contribution in [3.05, 3.63) is 30.6 Å². The molecule has 3 rings (SSSR count). The molecule has 1 aliphatic rings. The Bertz CT molecular complexity index is 585. The lowest BCUT2D eigenvalue weighted by molar-refractivity contribution is 0.240. The molecule has 1 aliphatic heterocycles. The van der Waals surface area contributed by atoms with Crippen molar-refractivity contribution in [3.8, 4) is 0 Å². The smallest absolute Gasteiger partial charge is 0.0635 e. The number of aromatic nitrogens is 1. The van der Waals surface area contributed by atoms with Crippen LogP contribution < -0.4 is 10.6 Å². The number of aliphatic hydroxyl groups excluding tert-OH is 1. The van der Waals surface area contributed by atoms with Gasteiger partial charge in [0, 0.05) is 41.1 Å². The van der Waals surface area contributed by atoms with Gasteiger partial charge < -0.3 is 15.7 Å². The minimum absolute atomic E-state index is 0.201. The molecule has 100 valence electrons. The molecule has 0 spiro atoms. The first-order valence-corrected chi connectivity index (χ1v) is 6.81. The molecule has 1 saturated heterocycles. The molecule has 4 nitrogen and oxygen atoms in total. The fraction of sp³-hybridized carbons (Fsp3) is 0.400. The van der Waals surface area contributed by atoms with Gasteiger partial charge in [-0.2, -0.15) is 0 Å². The average Bonchev–Trinajstić information content (AvgIpc) is 2.48. The molecule has 1 aromatic carbocycles. The van der Waals surface area contributed by atoms with Crippen LogP contribution in [0, 0.1) is 0 Å². The Morgan fingerprint density at radius 3 is 3.00 bits per heavy atom. The van der Waals surface area contributed by atoms with Crippen LogP contribution in [-0.4, -0.2) is 29.3 Å². The number of benzene rings is 1. The average molecular weight is 257 g/mol. The summed E-state index contributed by atoms with van der Waals surface area (Å²) in [7, 11) is 0.